The number of carbonyl (C=O) groups excluding carboxylic acids is 1. The molecule has 0 bridgehead atoms. The van der Waals surface area contributed by atoms with Crippen molar-refractivity contribution in [1.82, 2.24) is 24.4 Å². The van der Waals surface area contributed by atoms with Crippen LogP contribution >= 0.6 is 0 Å². The third-order valence-corrected chi connectivity index (χ3v) is 6.58. The van der Waals surface area contributed by atoms with E-state index in [2.05, 4.69) is 20.3 Å². The number of rotatable bonds is 4. The van der Waals surface area contributed by atoms with Crippen LogP contribution in [0.3, 0.4) is 0 Å². The predicted octanol–water partition coefficient (Wildman–Crippen LogP) is 2.89. The van der Waals surface area contributed by atoms with E-state index in [0.29, 0.717) is 68.5 Å². The minimum atomic E-state index is -1.09. The number of likely N-dealkylation sites (tertiary alicyclic amines) is 1. The molecule has 2 aliphatic rings. The summed E-state index contributed by atoms with van der Waals surface area (Å²) in [5, 5.41) is 12.4. The van der Waals surface area contributed by atoms with E-state index in [1.165, 1.54) is 6.20 Å². The number of nitrogens with zero attached hydrogens (tertiary/aromatic N) is 5. The predicted molar refractivity (Wildman–Crippen MR) is 118 cm³/mol. The van der Waals surface area contributed by atoms with Crippen LogP contribution in [0.4, 0.5) is 30.8 Å². The Morgan fingerprint density at radius 2 is 1.79 bits per heavy atom. The van der Waals surface area contributed by atoms with Crippen LogP contribution in [0.5, 0.6) is 0 Å². The highest BCUT2D eigenvalue weighted by atomic mass is 19.1. The Kier molecular flexibility index (Phi) is 5.76. The average molecular weight is 475 g/mol. The number of anilines is 3. The van der Waals surface area contributed by atoms with E-state index >= 15 is 0 Å². The van der Waals surface area contributed by atoms with E-state index < -0.39 is 29.2 Å². The second-order valence-electron chi connectivity index (χ2n) is 8.84. The molecule has 2 fully saturated rings. The summed E-state index contributed by atoms with van der Waals surface area (Å²) in [6, 6.07) is 1.01. The smallest absolute Gasteiger partial charge is 0.225 e. The minimum absolute atomic E-state index is 0.0239. The van der Waals surface area contributed by atoms with Crippen molar-refractivity contribution in [3.8, 4) is 0 Å². The number of imidazole rings is 1. The van der Waals surface area contributed by atoms with Crippen LogP contribution in [0, 0.1) is 23.4 Å². The number of hydrogen-bond donors (Lipinski definition) is 3. The van der Waals surface area contributed by atoms with Crippen LogP contribution in [0.1, 0.15) is 38.1 Å². The highest BCUT2D eigenvalue weighted by Crippen LogP contribution is 2.38. The minimum Gasteiger partial charge on any atom is -0.391 e. The molecule has 180 valence electrons. The molecule has 3 aromatic rings. The molecule has 1 amide bonds. The van der Waals surface area contributed by atoms with Crippen LogP contribution in [-0.2, 0) is 4.79 Å². The van der Waals surface area contributed by atoms with Crippen molar-refractivity contribution in [3.63, 3.8) is 0 Å². The van der Waals surface area contributed by atoms with Crippen LogP contribution in [0.15, 0.2) is 18.3 Å². The van der Waals surface area contributed by atoms with Crippen molar-refractivity contribution in [2.24, 2.45) is 5.92 Å². The molecule has 12 heteroatoms. The molecule has 1 aliphatic carbocycles. The van der Waals surface area contributed by atoms with Gasteiger partial charge in [0, 0.05) is 37.2 Å². The standard InChI is InChI=1S/C22H24F3N7O2/c23-12-7-15(24)18(16(25)8-12)29-22-28-17-9-27-21(26)30-19(17)32(22)13-3-1-11(2-4-13)20(34)31-6-5-14(33)10-31/h7-9,11,13-14,33H,1-6,10H2,(H,28,29)(H2,26,27,30)/t11?,13?,14-/m1/s1. The van der Waals surface area contributed by atoms with E-state index in [4.69, 9.17) is 5.73 Å². The Bertz CT molecular complexity index is 1220. The Labute approximate surface area is 192 Å². The van der Waals surface area contributed by atoms with Crippen molar-refractivity contribution >= 4 is 34.7 Å². The lowest BCUT2D eigenvalue weighted by atomic mass is 9.85. The Balaban J connectivity index is 1.43. The average Bonchev–Trinajstić information content (AvgIpc) is 3.39. The molecule has 9 nitrogen and oxygen atoms in total. The summed E-state index contributed by atoms with van der Waals surface area (Å²) in [4.78, 5) is 27.2. The molecule has 2 aromatic heterocycles. The molecular formula is C22H24F3N7O2. The monoisotopic (exact) mass is 475 g/mol. The molecule has 0 spiro atoms. The van der Waals surface area contributed by atoms with Gasteiger partial charge in [-0.05, 0) is 32.1 Å². The third-order valence-electron chi connectivity index (χ3n) is 6.58. The summed E-state index contributed by atoms with van der Waals surface area (Å²) < 4.78 is 43.7. The molecule has 0 unspecified atom stereocenters. The number of halogens is 3. The van der Waals surface area contributed by atoms with E-state index in [1.54, 1.807) is 9.47 Å². The number of aromatic nitrogens is 4. The second-order valence-corrected chi connectivity index (χ2v) is 8.84. The Morgan fingerprint density at radius 3 is 2.44 bits per heavy atom. The number of aliphatic hydroxyl groups is 1. The number of amides is 1. The van der Waals surface area contributed by atoms with Crippen molar-refractivity contribution < 1.29 is 23.1 Å². The highest BCUT2D eigenvalue weighted by molar-refractivity contribution is 5.79. The maximum atomic E-state index is 14.3. The molecule has 5 rings (SSSR count). The third kappa shape index (κ3) is 4.13. The largest absolute Gasteiger partial charge is 0.391 e. The molecule has 1 atom stereocenters. The molecule has 1 saturated carbocycles. The fraction of sp³-hybridized carbons (Fsp3) is 0.455. The van der Waals surface area contributed by atoms with Crippen molar-refractivity contribution in [1.29, 1.82) is 0 Å². The van der Waals surface area contributed by atoms with Crippen LogP contribution < -0.4 is 11.1 Å². The van der Waals surface area contributed by atoms with E-state index in [1.807, 2.05) is 0 Å². The fourth-order valence-electron chi connectivity index (χ4n) is 4.89. The molecule has 1 saturated heterocycles. The first kappa shape index (κ1) is 22.4. The lowest BCUT2D eigenvalue weighted by molar-refractivity contribution is -0.136. The number of fused-ring (bicyclic) bond motifs is 1. The number of nitrogens with one attached hydrogen (secondary N) is 1. The van der Waals surface area contributed by atoms with Crippen molar-refractivity contribution in [2.75, 3.05) is 24.1 Å². The molecule has 1 aliphatic heterocycles. The van der Waals surface area contributed by atoms with Gasteiger partial charge in [0.1, 0.15) is 17.0 Å². The molecular weight excluding hydrogens is 451 g/mol. The van der Waals surface area contributed by atoms with E-state index in [9.17, 15) is 23.1 Å². The Morgan fingerprint density at radius 1 is 1.09 bits per heavy atom. The summed E-state index contributed by atoms with van der Waals surface area (Å²) in [5.74, 6) is -3.17. The first-order chi connectivity index (χ1) is 16.3. The highest BCUT2D eigenvalue weighted by Gasteiger charge is 2.34. The lowest BCUT2D eigenvalue weighted by Gasteiger charge is -2.32. The topological polar surface area (TPSA) is 122 Å². The molecule has 34 heavy (non-hydrogen) atoms. The zero-order valence-corrected chi connectivity index (χ0v) is 18.2. The Hall–Kier alpha value is -3.41. The van der Waals surface area contributed by atoms with Crippen molar-refractivity contribution in [2.45, 2.75) is 44.2 Å². The van der Waals surface area contributed by atoms with Gasteiger partial charge in [-0.2, -0.15) is 4.98 Å². The van der Waals surface area contributed by atoms with Crippen LogP contribution in [-0.4, -0.2) is 54.6 Å². The summed E-state index contributed by atoms with van der Waals surface area (Å²) in [7, 11) is 0. The first-order valence-corrected chi connectivity index (χ1v) is 11.2. The number of hydrogen-bond acceptors (Lipinski definition) is 7. The maximum absolute atomic E-state index is 14.3. The zero-order chi connectivity index (χ0) is 24.0. The molecule has 4 N–H and O–H groups in total. The van der Waals surface area contributed by atoms with Gasteiger partial charge in [0.2, 0.25) is 17.8 Å². The van der Waals surface area contributed by atoms with E-state index in [-0.39, 0.29) is 29.8 Å². The zero-order valence-electron chi connectivity index (χ0n) is 18.2. The number of benzene rings is 1. The van der Waals surface area contributed by atoms with Crippen LogP contribution in [0.2, 0.25) is 0 Å². The van der Waals surface area contributed by atoms with Gasteiger partial charge in [0.15, 0.2) is 17.3 Å². The molecule has 3 heterocycles. The summed E-state index contributed by atoms with van der Waals surface area (Å²) in [6.07, 6.45) is 3.96. The van der Waals surface area contributed by atoms with Gasteiger partial charge in [-0.25, -0.2) is 23.1 Å². The number of aliphatic hydroxyl groups excluding tert-OH is 1. The van der Waals surface area contributed by atoms with Gasteiger partial charge in [0.25, 0.3) is 0 Å². The molecule has 0 radical (unpaired) electrons. The first-order valence-electron chi connectivity index (χ1n) is 11.2. The normalized spacial score (nSPS) is 22.9. The summed E-state index contributed by atoms with van der Waals surface area (Å²) in [5.41, 5.74) is 6.02. The van der Waals surface area contributed by atoms with Crippen LogP contribution in [0.25, 0.3) is 11.2 Å². The number of β-amino-alcohol motifs (C(OH)–C–C–N with tert-alkyl or cyclic N) is 1. The molecule has 1 aromatic carbocycles. The van der Waals surface area contributed by atoms with Gasteiger partial charge in [-0.1, -0.05) is 0 Å². The van der Waals surface area contributed by atoms with Gasteiger partial charge in [0.05, 0.1) is 12.3 Å². The van der Waals surface area contributed by atoms with E-state index in [0.717, 1.165) is 0 Å². The maximum Gasteiger partial charge on any atom is 0.225 e. The van der Waals surface area contributed by atoms with Gasteiger partial charge in [-0.3, -0.25) is 9.36 Å². The number of carbonyl (C=O) groups is 1. The quantitative estimate of drug-likeness (QED) is 0.530. The second kappa shape index (κ2) is 8.75. The van der Waals surface area contributed by atoms with Gasteiger partial charge in [-0.15, -0.1) is 0 Å². The number of nitrogens with two attached hydrogens (primary N) is 1. The fourth-order valence-corrected chi connectivity index (χ4v) is 4.89. The summed E-state index contributed by atoms with van der Waals surface area (Å²) >= 11 is 0. The SMILES string of the molecule is Nc1ncc2nc(Nc3c(F)cc(F)cc3F)n(C3CCC(C(=O)N4CC[C@@H](O)C4)CC3)c2n1. The lowest BCUT2D eigenvalue weighted by Crippen LogP contribution is -2.37. The van der Waals surface area contributed by atoms with Gasteiger partial charge < -0.3 is 21.1 Å². The number of nitrogen functional groups attached to an aromatic ring is 1. The summed E-state index contributed by atoms with van der Waals surface area (Å²) in [6.45, 7) is 0.926. The van der Waals surface area contributed by atoms with Crippen molar-refractivity contribution in [3.05, 3.63) is 35.8 Å². The van der Waals surface area contributed by atoms with Gasteiger partial charge >= 0.3 is 0 Å².